The number of hydrogen-bond acceptors (Lipinski definition) is 7. The van der Waals surface area contributed by atoms with Gasteiger partial charge in [-0.1, -0.05) is 49.4 Å². The number of carbonyl (C=O) groups is 4. The molecule has 2 aromatic carbocycles. The molecule has 1 saturated heterocycles. The number of aromatic nitrogens is 1. The predicted octanol–water partition coefficient (Wildman–Crippen LogP) is 3.61. The van der Waals surface area contributed by atoms with Gasteiger partial charge in [-0.05, 0) is 30.5 Å². The lowest BCUT2D eigenvalue weighted by molar-refractivity contribution is -0.125. The van der Waals surface area contributed by atoms with E-state index in [2.05, 4.69) is 22.5 Å². The summed E-state index contributed by atoms with van der Waals surface area (Å²) in [7, 11) is 0. The fourth-order valence-corrected chi connectivity index (χ4v) is 4.23. The molecule has 1 unspecified atom stereocenters. The standard InChI is InChI=1S/C25H24N4O5S/c1-3-16-8-10-17(11-9-16)20-14-35-24(27-20)28-22(31)15(2)34-23(32)19-7-5-4-6-18(19)13-29-21(30)12-26-25(29)33/h4-11,14-15H,3,12-13H2,1-2H3,(H,26,33)(H,27,28,31). The number of amides is 4. The van der Waals surface area contributed by atoms with Crippen molar-refractivity contribution in [2.75, 3.05) is 11.9 Å². The Morgan fingerprint density at radius 2 is 1.91 bits per heavy atom. The highest BCUT2D eigenvalue weighted by Crippen LogP contribution is 2.25. The molecule has 2 N–H and O–H groups in total. The number of nitrogens with zero attached hydrogens (tertiary/aromatic N) is 2. The molecule has 1 atom stereocenters. The van der Waals surface area contributed by atoms with Crippen LogP contribution in [0, 0.1) is 0 Å². The first-order valence-corrected chi connectivity index (χ1v) is 12.0. The summed E-state index contributed by atoms with van der Waals surface area (Å²) in [6.45, 7) is 3.40. The van der Waals surface area contributed by atoms with Gasteiger partial charge in [0.05, 0.1) is 24.3 Å². The Bertz CT molecular complexity index is 1250. The predicted molar refractivity (Wildman–Crippen MR) is 131 cm³/mol. The summed E-state index contributed by atoms with van der Waals surface area (Å²) < 4.78 is 5.37. The summed E-state index contributed by atoms with van der Waals surface area (Å²) in [6.07, 6.45) is -0.144. The summed E-state index contributed by atoms with van der Waals surface area (Å²) >= 11 is 1.28. The normalized spacial score (nSPS) is 13.9. The number of esters is 1. The zero-order valence-electron chi connectivity index (χ0n) is 19.2. The Hall–Kier alpha value is -4.05. The van der Waals surface area contributed by atoms with Gasteiger partial charge in [-0.25, -0.2) is 14.6 Å². The largest absolute Gasteiger partial charge is 0.449 e. The van der Waals surface area contributed by atoms with Gasteiger partial charge in [0.2, 0.25) is 5.91 Å². The third kappa shape index (κ3) is 5.55. The van der Waals surface area contributed by atoms with Crippen molar-refractivity contribution in [1.29, 1.82) is 0 Å². The molecule has 1 aromatic heterocycles. The Morgan fingerprint density at radius 1 is 1.17 bits per heavy atom. The molecule has 1 aliphatic heterocycles. The average Bonchev–Trinajstić information content (AvgIpc) is 3.46. The van der Waals surface area contributed by atoms with Crippen molar-refractivity contribution < 1.29 is 23.9 Å². The van der Waals surface area contributed by atoms with Gasteiger partial charge in [-0.2, -0.15) is 0 Å². The number of thiazole rings is 1. The van der Waals surface area contributed by atoms with Crippen LogP contribution in [0.1, 0.15) is 35.3 Å². The molecule has 1 aliphatic rings. The van der Waals surface area contributed by atoms with Gasteiger partial charge < -0.3 is 10.1 Å². The van der Waals surface area contributed by atoms with Crippen LogP contribution >= 0.6 is 11.3 Å². The Labute approximate surface area is 206 Å². The van der Waals surface area contributed by atoms with Gasteiger partial charge in [0.15, 0.2) is 11.2 Å². The van der Waals surface area contributed by atoms with Crippen molar-refractivity contribution in [3.63, 3.8) is 0 Å². The topological polar surface area (TPSA) is 118 Å². The van der Waals surface area contributed by atoms with Gasteiger partial charge in [-0.3, -0.25) is 19.8 Å². The summed E-state index contributed by atoms with van der Waals surface area (Å²) in [5.41, 5.74) is 3.53. The molecule has 35 heavy (non-hydrogen) atoms. The molecule has 2 heterocycles. The van der Waals surface area contributed by atoms with Crippen molar-refractivity contribution in [3.8, 4) is 11.3 Å². The van der Waals surface area contributed by atoms with E-state index in [1.807, 2.05) is 29.6 Å². The molecule has 0 saturated carbocycles. The maximum atomic E-state index is 12.8. The zero-order valence-corrected chi connectivity index (χ0v) is 20.1. The fraction of sp³-hybridized carbons (Fsp3) is 0.240. The van der Waals surface area contributed by atoms with E-state index < -0.39 is 24.0 Å². The highest BCUT2D eigenvalue weighted by Gasteiger charge is 2.30. The fourth-order valence-electron chi connectivity index (χ4n) is 3.50. The first kappa shape index (κ1) is 24.1. The van der Waals surface area contributed by atoms with Crippen LogP contribution in [0.2, 0.25) is 0 Å². The molecular formula is C25H24N4O5S. The van der Waals surface area contributed by atoms with Crippen LogP contribution in [0.3, 0.4) is 0 Å². The highest BCUT2D eigenvalue weighted by molar-refractivity contribution is 7.14. The van der Waals surface area contributed by atoms with Gasteiger partial charge >= 0.3 is 12.0 Å². The van der Waals surface area contributed by atoms with E-state index in [9.17, 15) is 19.2 Å². The molecular weight excluding hydrogens is 468 g/mol. The van der Waals surface area contributed by atoms with E-state index in [-0.39, 0.29) is 24.6 Å². The van der Waals surface area contributed by atoms with E-state index in [1.165, 1.54) is 29.9 Å². The Morgan fingerprint density at radius 3 is 2.60 bits per heavy atom. The van der Waals surface area contributed by atoms with Gasteiger partial charge in [0.25, 0.3) is 5.91 Å². The number of imide groups is 1. The SMILES string of the molecule is CCc1ccc(-c2csc(NC(=O)C(C)OC(=O)c3ccccc3CN3C(=O)CNC3=O)n2)cc1. The minimum Gasteiger partial charge on any atom is -0.449 e. The lowest BCUT2D eigenvalue weighted by Gasteiger charge is -2.17. The van der Waals surface area contributed by atoms with Crippen molar-refractivity contribution >= 4 is 40.3 Å². The second-order valence-corrected chi connectivity index (χ2v) is 8.78. The molecule has 10 heteroatoms. The van der Waals surface area contributed by atoms with E-state index in [0.717, 1.165) is 22.6 Å². The van der Waals surface area contributed by atoms with Crippen LogP contribution in [0.25, 0.3) is 11.3 Å². The van der Waals surface area contributed by atoms with Crippen molar-refractivity contribution in [2.45, 2.75) is 32.9 Å². The average molecular weight is 493 g/mol. The van der Waals surface area contributed by atoms with E-state index in [1.54, 1.807) is 18.2 Å². The Kier molecular flexibility index (Phi) is 7.21. The van der Waals surface area contributed by atoms with Crippen molar-refractivity contribution in [1.82, 2.24) is 15.2 Å². The third-order valence-corrected chi connectivity index (χ3v) is 6.31. The van der Waals surface area contributed by atoms with Crippen molar-refractivity contribution in [2.24, 2.45) is 0 Å². The minimum atomic E-state index is -1.09. The number of urea groups is 1. The molecule has 0 radical (unpaired) electrons. The quantitative estimate of drug-likeness (QED) is 0.366. The molecule has 4 rings (SSSR count). The van der Waals surface area contributed by atoms with Crippen LogP contribution in [0.15, 0.2) is 53.9 Å². The zero-order chi connectivity index (χ0) is 24.9. The van der Waals surface area contributed by atoms with Crippen molar-refractivity contribution in [3.05, 3.63) is 70.6 Å². The third-order valence-electron chi connectivity index (χ3n) is 5.55. The number of aryl methyl sites for hydroxylation is 1. The second kappa shape index (κ2) is 10.5. The van der Waals surface area contributed by atoms with Gasteiger partial charge in [0, 0.05) is 10.9 Å². The first-order valence-electron chi connectivity index (χ1n) is 11.1. The number of rotatable bonds is 8. The maximum absolute atomic E-state index is 12.8. The van der Waals surface area contributed by atoms with Gasteiger partial charge in [0.1, 0.15) is 0 Å². The number of carbonyl (C=O) groups excluding carboxylic acids is 4. The highest BCUT2D eigenvalue weighted by atomic mass is 32.1. The molecule has 180 valence electrons. The van der Waals surface area contributed by atoms with E-state index >= 15 is 0 Å². The maximum Gasteiger partial charge on any atom is 0.339 e. The number of benzene rings is 2. The molecule has 3 aromatic rings. The van der Waals surface area contributed by atoms with Crippen LogP contribution < -0.4 is 10.6 Å². The lowest BCUT2D eigenvalue weighted by atomic mass is 10.1. The smallest absolute Gasteiger partial charge is 0.339 e. The number of anilines is 1. The lowest BCUT2D eigenvalue weighted by Crippen LogP contribution is -2.32. The summed E-state index contributed by atoms with van der Waals surface area (Å²) in [5.74, 6) is -1.63. The number of hydrogen-bond donors (Lipinski definition) is 2. The molecule has 4 amide bonds. The summed E-state index contributed by atoms with van der Waals surface area (Å²) in [5, 5.41) is 7.36. The molecule has 0 spiro atoms. The molecule has 1 fully saturated rings. The first-order chi connectivity index (χ1) is 16.9. The second-order valence-electron chi connectivity index (χ2n) is 7.92. The number of nitrogens with one attached hydrogen (secondary N) is 2. The Balaban J connectivity index is 1.38. The minimum absolute atomic E-state index is 0.0718. The molecule has 0 bridgehead atoms. The van der Waals surface area contributed by atoms with E-state index in [4.69, 9.17) is 4.74 Å². The monoisotopic (exact) mass is 492 g/mol. The molecule has 0 aliphatic carbocycles. The molecule has 9 nitrogen and oxygen atoms in total. The summed E-state index contributed by atoms with van der Waals surface area (Å²) in [4.78, 5) is 54.7. The number of ether oxygens (including phenoxy) is 1. The van der Waals surface area contributed by atoms with E-state index in [0.29, 0.717) is 10.7 Å². The van der Waals surface area contributed by atoms with Crippen LogP contribution in [-0.4, -0.2) is 46.3 Å². The van der Waals surface area contributed by atoms with Crippen LogP contribution in [0.5, 0.6) is 0 Å². The van der Waals surface area contributed by atoms with Crippen LogP contribution in [-0.2, 0) is 27.3 Å². The summed E-state index contributed by atoms with van der Waals surface area (Å²) in [6, 6.07) is 14.0. The van der Waals surface area contributed by atoms with Gasteiger partial charge in [-0.15, -0.1) is 11.3 Å². The van der Waals surface area contributed by atoms with Crippen LogP contribution in [0.4, 0.5) is 9.93 Å².